The van der Waals surface area contributed by atoms with Crippen LogP contribution in [0.25, 0.3) is 0 Å². The first-order chi connectivity index (χ1) is 7.11. The number of nitrogens with zero attached hydrogens (tertiary/aromatic N) is 1. The van der Waals surface area contributed by atoms with E-state index in [2.05, 4.69) is 15.9 Å². The summed E-state index contributed by atoms with van der Waals surface area (Å²) in [7, 11) is 0. The molecule has 5 heteroatoms. The molecule has 0 aliphatic rings. The summed E-state index contributed by atoms with van der Waals surface area (Å²) in [5, 5.41) is 18.6. The first-order valence-electron chi connectivity index (χ1n) is 4.78. The van der Waals surface area contributed by atoms with Gasteiger partial charge in [-0.05, 0) is 18.6 Å². The molecule has 0 radical (unpaired) electrons. The van der Waals surface area contributed by atoms with Crippen LogP contribution in [0.4, 0.5) is 0 Å². The molecule has 1 rings (SSSR count). The molecule has 0 aliphatic carbocycles. The molecule has 0 aliphatic heterocycles. The van der Waals surface area contributed by atoms with Crippen molar-refractivity contribution in [3.8, 4) is 11.8 Å². The predicted octanol–water partition coefficient (Wildman–Crippen LogP) is 3.25. The van der Waals surface area contributed by atoms with Crippen molar-refractivity contribution in [2.45, 2.75) is 25.8 Å². The fourth-order valence-electron chi connectivity index (χ4n) is 1.48. The standard InChI is InChI=1S/C11H13BrN2O.ClH/c1-2-3-9(14)10-8(12)5-4-7(6-13)11(10)15;/h4-5,9,15H,2-3,14H2,1H3;1H/t9-;/m1./s1. The van der Waals surface area contributed by atoms with Gasteiger partial charge in [-0.15, -0.1) is 12.4 Å². The molecule has 0 saturated carbocycles. The minimum absolute atomic E-state index is 0. The molecule has 1 aromatic rings. The minimum atomic E-state index is -0.238. The van der Waals surface area contributed by atoms with Gasteiger partial charge in [-0.2, -0.15) is 5.26 Å². The molecule has 0 bridgehead atoms. The van der Waals surface area contributed by atoms with Gasteiger partial charge < -0.3 is 10.8 Å². The first kappa shape index (κ1) is 15.2. The zero-order valence-corrected chi connectivity index (χ0v) is 11.3. The van der Waals surface area contributed by atoms with E-state index in [4.69, 9.17) is 11.0 Å². The van der Waals surface area contributed by atoms with Crippen LogP contribution in [0.2, 0.25) is 0 Å². The molecule has 16 heavy (non-hydrogen) atoms. The molecule has 1 aromatic carbocycles. The maximum atomic E-state index is 9.83. The zero-order chi connectivity index (χ0) is 11.4. The highest BCUT2D eigenvalue weighted by molar-refractivity contribution is 9.10. The number of phenols is 1. The van der Waals surface area contributed by atoms with Gasteiger partial charge in [-0.1, -0.05) is 29.3 Å². The second-order valence-electron chi connectivity index (χ2n) is 3.36. The number of phenolic OH excluding ortho intramolecular Hbond substituents is 1. The third-order valence-corrected chi connectivity index (χ3v) is 2.95. The number of rotatable bonds is 3. The molecular formula is C11H14BrClN2O. The number of aromatic hydroxyl groups is 1. The lowest BCUT2D eigenvalue weighted by atomic mass is 10.00. The van der Waals surface area contributed by atoms with Crippen LogP contribution in [0.5, 0.6) is 5.75 Å². The highest BCUT2D eigenvalue weighted by Gasteiger charge is 2.16. The Morgan fingerprint density at radius 1 is 1.56 bits per heavy atom. The normalized spacial score (nSPS) is 11.4. The van der Waals surface area contributed by atoms with Gasteiger partial charge in [0.15, 0.2) is 0 Å². The topological polar surface area (TPSA) is 70.0 Å². The maximum Gasteiger partial charge on any atom is 0.139 e. The largest absolute Gasteiger partial charge is 0.506 e. The monoisotopic (exact) mass is 304 g/mol. The Bertz CT molecular complexity index is 404. The van der Waals surface area contributed by atoms with Crippen LogP contribution >= 0.6 is 28.3 Å². The number of benzene rings is 1. The molecule has 1 atom stereocenters. The van der Waals surface area contributed by atoms with Crippen molar-refractivity contribution >= 4 is 28.3 Å². The van der Waals surface area contributed by atoms with Crippen LogP contribution in [0.15, 0.2) is 16.6 Å². The van der Waals surface area contributed by atoms with Gasteiger partial charge in [0.25, 0.3) is 0 Å². The number of nitrogens with two attached hydrogens (primary N) is 1. The summed E-state index contributed by atoms with van der Waals surface area (Å²) in [5.74, 6) is -0.00664. The summed E-state index contributed by atoms with van der Waals surface area (Å²) in [6.07, 6.45) is 1.71. The van der Waals surface area contributed by atoms with E-state index in [0.29, 0.717) is 5.56 Å². The summed E-state index contributed by atoms with van der Waals surface area (Å²) < 4.78 is 0.750. The van der Waals surface area contributed by atoms with E-state index in [1.54, 1.807) is 12.1 Å². The third kappa shape index (κ3) is 3.11. The van der Waals surface area contributed by atoms with E-state index >= 15 is 0 Å². The van der Waals surface area contributed by atoms with Gasteiger partial charge in [0.05, 0.1) is 5.56 Å². The lowest BCUT2D eigenvalue weighted by molar-refractivity contribution is 0.455. The van der Waals surface area contributed by atoms with Crippen molar-refractivity contribution in [2.24, 2.45) is 5.73 Å². The van der Waals surface area contributed by atoms with Gasteiger partial charge in [0, 0.05) is 16.1 Å². The molecule has 0 unspecified atom stereocenters. The summed E-state index contributed by atoms with van der Waals surface area (Å²) in [6, 6.07) is 5.01. The van der Waals surface area contributed by atoms with E-state index in [0.717, 1.165) is 17.3 Å². The van der Waals surface area contributed by atoms with Crippen LogP contribution in [0.3, 0.4) is 0 Å². The van der Waals surface area contributed by atoms with Gasteiger partial charge in [-0.25, -0.2) is 0 Å². The molecule has 0 heterocycles. The molecule has 88 valence electrons. The van der Waals surface area contributed by atoms with Crippen LogP contribution in [-0.2, 0) is 0 Å². The first-order valence-corrected chi connectivity index (χ1v) is 5.58. The molecule has 3 N–H and O–H groups in total. The Labute approximate surface area is 110 Å². The third-order valence-electron chi connectivity index (χ3n) is 2.25. The van der Waals surface area contributed by atoms with E-state index in [1.165, 1.54) is 0 Å². The number of hydrogen-bond donors (Lipinski definition) is 2. The van der Waals surface area contributed by atoms with E-state index in [1.807, 2.05) is 13.0 Å². The van der Waals surface area contributed by atoms with E-state index in [-0.39, 0.29) is 29.8 Å². The Hall–Kier alpha value is -0.760. The van der Waals surface area contributed by atoms with Crippen molar-refractivity contribution in [3.63, 3.8) is 0 Å². The highest BCUT2D eigenvalue weighted by atomic mass is 79.9. The molecule has 0 fully saturated rings. The fraction of sp³-hybridized carbons (Fsp3) is 0.364. The van der Waals surface area contributed by atoms with Crippen molar-refractivity contribution < 1.29 is 5.11 Å². The quantitative estimate of drug-likeness (QED) is 0.900. The van der Waals surface area contributed by atoms with E-state index < -0.39 is 0 Å². The SMILES string of the molecule is CCC[C@@H](N)c1c(Br)ccc(C#N)c1O.Cl. The van der Waals surface area contributed by atoms with Crippen molar-refractivity contribution in [2.75, 3.05) is 0 Å². The van der Waals surface area contributed by atoms with Gasteiger partial charge in [-0.3, -0.25) is 0 Å². The Kier molecular flexibility index (Phi) is 6.42. The van der Waals surface area contributed by atoms with Crippen molar-refractivity contribution in [1.82, 2.24) is 0 Å². The van der Waals surface area contributed by atoms with Crippen LogP contribution in [0, 0.1) is 11.3 Å². The lowest BCUT2D eigenvalue weighted by Crippen LogP contribution is -2.11. The average molecular weight is 306 g/mol. The Morgan fingerprint density at radius 3 is 2.69 bits per heavy atom. The van der Waals surface area contributed by atoms with Gasteiger partial charge in [0.1, 0.15) is 11.8 Å². The number of nitriles is 1. The molecule has 0 amide bonds. The zero-order valence-electron chi connectivity index (χ0n) is 8.90. The van der Waals surface area contributed by atoms with Gasteiger partial charge >= 0.3 is 0 Å². The number of hydrogen-bond acceptors (Lipinski definition) is 3. The summed E-state index contributed by atoms with van der Waals surface area (Å²) in [4.78, 5) is 0. The minimum Gasteiger partial charge on any atom is -0.506 e. The molecule has 0 spiro atoms. The Balaban J connectivity index is 0.00000225. The second kappa shape index (κ2) is 6.74. The fourth-order valence-corrected chi connectivity index (χ4v) is 2.10. The van der Waals surface area contributed by atoms with Crippen molar-refractivity contribution in [1.29, 1.82) is 5.26 Å². The summed E-state index contributed by atoms with van der Waals surface area (Å²) in [6.45, 7) is 2.03. The van der Waals surface area contributed by atoms with Crippen LogP contribution in [0.1, 0.15) is 36.9 Å². The molecule has 0 aromatic heterocycles. The average Bonchev–Trinajstić information content (AvgIpc) is 2.18. The van der Waals surface area contributed by atoms with E-state index in [9.17, 15) is 5.11 Å². The molecular weight excluding hydrogens is 291 g/mol. The highest BCUT2D eigenvalue weighted by Crippen LogP contribution is 2.34. The second-order valence-corrected chi connectivity index (χ2v) is 4.22. The lowest BCUT2D eigenvalue weighted by Gasteiger charge is -2.15. The summed E-state index contributed by atoms with van der Waals surface area (Å²) in [5.41, 5.74) is 6.82. The molecule has 3 nitrogen and oxygen atoms in total. The van der Waals surface area contributed by atoms with Crippen LogP contribution < -0.4 is 5.73 Å². The molecule has 0 saturated heterocycles. The predicted molar refractivity (Wildman–Crippen MR) is 69.6 cm³/mol. The summed E-state index contributed by atoms with van der Waals surface area (Å²) >= 11 is 3.33. The van der Waals surface area contributed by atoms with Crippen molar-refractivity contribution in [3.05, 3.63) is 27.7 Å². The van der Waals surface area contributed by atoms with Crippen LogP contribution in [-0.4, -0.2) is 5.11 Å². The maximum absolute atomic E-state index is 9.83. The number of halogens is 2. The Morgan fingerprint density at radius 2 is 2.19 bits per heavy atom. The van der Waals surface area contributed by atoms with Gasteiger partial charge in [0.2, 0.25) is 0 Å². The smallest absolute Gasteiger partial charge is 0.139 e.